The summed E-state index contributed by atoms with van der Waals surface area (Å²) in [6, 6.07) is 14.6. The van der Waals surface area contributed by atoms with Gasteiger partial charge in [0.15, 0.2) is 5.82 Å². The van der Waals surface area contributed by atoms with E-state index in [9.17, 15) is 24.3 Å². The number of aliphatic imine (C=N–C) groups is 1. The van der Waals surface area contributed by atoms with Gasteiger partial charge in [0.2, 0.25) is 11.8 Å². The van der Waals surface area contributed by atoms with Gasteiger partial charge in [0, 0.05) is 66.5 Å². The molecule has 2 N–H and O–H groups in total. The van der Waals surface area contributed by atoms with Gasteiger partial charge in [-0.15, -0.1) is 32.9 Å². The second kappa shape index (κ2) is 19.0. The number of aliphatic hydroxyl groups is 1. The van der Waals surface area contributed by atoms with Crippen LogP contribution in [-0.2, 0) is 23.9 Å². The highest BCUT2D eigenvalue weighted by atomic mass is 32.1. The molecule has 2 fully saturated rings. The Morgan fingerprint density at radius 2 is 1.67 bits per heavy atom. The predicted molar refractivity (Wildman–Crippen MR) is 257 cm³/mol. The molecule has 66 heavy (non-hydrogen) atoms. The molecule has 348 valence electrons. The highest BCUT2D eigenvalue weighted by Crippen LogP contribution is 2.41. The number of benzene rings is 2. The Labute approximate surface area is 394 Å². The van der Waals surface area contributed by atoms with Crippen LogP contribution in [0.2, 0.25) is 0 Å². The van der Waals surface area contributed by atoms with E-state index >= 15 is 0 Å². The zero-order valence-electron chi connectivity index (χ0n) is 39.3. The fraction of sp³-hybridized carbons (Fsp3) is 0.480. The molecule has 5 aromatic rings. The number of carbonyl (C=O) groups is 4. The molecule has 3 aliphatic rings. The van der Waals surface area contributed by atoms with Gasteiger partial charge in [0.05, 0.1) is 47.5 Å². The maximum absolute atomic E-state index is 14.4. The summed E-state index contributed by atoms with van der Waals surface area (Å²) in [6.45, 7) is 17.4. The number of rotatable bonds is 13. The summed E-state index contributed by atoms with van der Waals surface area (Å²) in [6.07, 6.45) is 0.583. The number of aliphatic hydroxyl groups excluding tert-OH is 1. The van der Waals surface area contributed by atoms with Crippen molar-refractivity contribution in [1.82, 2.24) is 30.0 Å². The molecule has 0 spiro atoms. The van der Waals surface area contributed by atoms with Crippen LogP contribution in [0.5, 0.6) is 0 Å². The number of β-amino-alcohol motifs (C(OH)–C–C–N with tert-alkyl or cyclic N) is 1. The molecular weight excluding hydrogens is 873 g/mol. The number of methoxy groups -OCH3 is 1. The molecule has 0 bridgehead atoms. The van der Waals surface area contributed by atoms with E-state index < -0.39 is 29.5 Å². The lowest BCUT2D eigenvalue weighted by atomic mass is 9.76. The number of nitrogens with one attached hydrogen (secondary N) is 1. The van der Waals surface area contributed by atoms with Gasteiger partial charge in [-0.25, -0.2) is 4.98 Å². The molecular formula is C50H60N8O6S2. The number of amides is 2. The number of aromatic nitrogens is 4. The van der Waals surface area contributed by atoms with E-state index in [1.54, 1.807) is 22.7 Å². The van der Waals surface area contributed by atoms with Gasteiger partial charge in [0.25, 0.3) is 0 Å². The third-order valence-corrected chi connectivity index (χ3v) is 15.7. The van der Waals surface area contributed by atoms with Crippen molar-refractivity contribution in [2.24, 2.45) is 22.2 Å². The monoisotopic (exact) mass is 932 g/mol. The number of ether oxygens (including phenoxy) is 1. The molecule has 6 atom stereocenters. The SMILES string of the molecule is COC(=O)C[C@@H]1N=C(c2ccc(N3CCC(CC(=O)CC(C(=O)N4C[C@H](O)C[C@H]4C(=O)N[C@@H](C)c4ccc(-c5scnc5C)cc4)C(C)(C)C)C3)cc2)c2c(sc(C)c2C)-n2c(C)nnc21. The molecule has 3 aliphatic heterocycles. The van der Waals surface area contributed by atoms with Gasteiger partial charge < -0.3 is 25.0 Å². The summed E-state index contributed by atoms with van der Waals surface area (Å²) in [7, 11) is 1.37. The number of aryl methyl sites for hydroxylation is 3. The van der Waals surface area contributed by atoms with Crippen LogP contribution in [0.4, 0.5) is 5.69 Å². The Morgan fingerprint density at radius 3 is 2.33 bits per heavy atom. The quantitative estimate of drug-likeness (QED) is 0.111. The molecule has 0 radical (unpaired) electrons. The number of carbonyl (C=O) groups excluding carboxylic acids is 4. The van der Waals surface area contributed by atoms with E-state index in [0.29, 0.717) is 18.8 Å². The van der Waals surface area contributed by atoms with Crippen LogP contribution in [0.25, 0.3) is 15.4 Å². The van der Waals surface area contributed by atoms with Crippen LogP contribution in [0, 0.1) is 44.9 Å². The van der Waals surface area contributed by atoms with Crippen LogP contribution >= 0.6 is 22.7 Å². The van der Waals surface area contributed by atoms with Crippen molar-refractivity contribution < 1.29 is 29.0 Å². The Morgan fingerprint density at radius 1 is 0.955 bits per heavy atom. The maximum Gasteiger partial charge on any atom is 0.308 e. The number of hydrogen-bond acceptors (Lipinski definition) is 13. The topological polar surface area (TPSA) is 172 Å². The van der Waals surface area contributed by atoms with Crippen molar-refractivity contribution in [3.63, 3.8) is 0 Å². The minimum Gasteiger partial charge on any atom is -0.469 e. The smallest absolute Gasteiger partial charge is 0.308 e. The molecule has 3 aromatic heterocycles. The maximum atomic E-state index is 14.4. The first kappa shape index (κ1) is 46.9. The summed E-state index contributed by atoms with van der Waals surface area (Å²) in [5.41, 5.74) is 9.10. The zero-order valence-corrected chi connectivity index (χ0v) is 40.9. The molecule has 2 amide bonds. The first-order valence-electron chi connectivity index (χ1n) is 22.7. The van der Waals surface area contributed by atoms with E-state index in [-0.39, 0.29) is 61.3 Å². The van der Waals surface area contributed by atoms with E-state index in [0.717, 1.165) is 73.6 Å². The standard InChI is InChI=1S/C50H60N8O6S2/c1-27-30(4)66-49-43(27)44(53-40(23-42(61)64-9)46-55-54-31(5)58(46)49)34-14-16-36(17-15-34)56-19-18-32(24-56)20-37(59)21-39(50(6,7)8)48(63)57-25-38(60)22-41(57)47(62)52-28(2)33-10-12-35(13-11-33)45-29(3)51-26-65-45/h10-17,26,28,32,38-41,60H,18-25H2,1-9H3,(H,52,62)/t28-,32?,38+,39?,40-,41-/m0/s1. The van der Waals surface area contributed by atoms with Gasteiger partial charge >= 0.3 is 5.97 Å². The number of nitrogens with zero attached hydrogens (tertiary/aromatic N) is 7. The summed E-state index contributed by atoms with van der Waals surface area (Å²) < 4.78 is 7.07. The highest BCUT2D eigenvalue weighted by Gasteiger charge is 2.45. The minimum atomic E-state index is -0.842. The zero-order chi connectivity index (χ0) is 47.2. The molecule has 0 saturated carbocycles. The van der Waals surface area contributed by atoms with Crippen molar-refractivity contribution in [3.8, 4) is 15.4 Å². The highest BCUT2D eigenvalue weighted by molar-refractivity contribution is 7.15. The van der Waals surface area contributed by atoms with Crippen molar-refractivity contribution >= 4 is 57.6 Å². The second-order valence-electron chi connectivity index (χ2n) is 19.2. The summed E-state index contributed by atoms with van der Waals surface area (Å²) >= 11 is 3.25. The Hall–Kier alpha value is -5.58. The first-order valence-corrected chi connectivity index (χ1v) is 24.4. The van der Waals surface area contributed by atoms with Crippen molar-refractivity contribution in [3.05, 3.63) is 98.5 Å². The molecule has 6 heterocycles. The number of anilines is 1. The molecule has 2 aromatic carbocycles. The molecule has 16 heteroatoms. The second-order valence-corrected chi connectivity index (χ2v) is 21.3. The van der Waals surface area contributed by atoms with E-state index in [4.69, 9.17) is 9.73 Å². The summed E-state index contributed by atoms with van der Waals surface area (Å²) in [5, 5.41) is 23.7. The fourth-order valence-corrected chi connectivity index (χ4v) is 11.7. The van der Waals surface area contributed by atoms with Crippen LogP contribution < -0.4 is 10.2 Å². The van der Waals surface area contributed by atoms with Crippen LogP contribution in [0.15, 0.2) is 59.0 Å². The largest absolute Gasteiger partial charge is 0.469 e. The van der Waals surface area contributed by atoms with Gasteiger partial charge in [0.1, 0.15) is 28.7 Å². The first-order chi connectivity index (χ1) is 31.4. The Bertz CT molecular complexity index is 2660. The van der Waals surface area contributed by atoms with Crippen molar-refractivity contribution in [1.29, 1.82) is 0 Å². The number of thiophene rings is 1. The lowest BCUT2D eigenvalue weighted by molar-refractivity contribution is -0.146. The van der Waals surface area contributed by atoms with Crippen molar-refractivity contribution in [2.75, 3.05) is 31.6 Å². The van der Waals surface area contributed by atoms with Crippen LogP contribution in [0.3, 0.4) is 0 Å². The van der Waals surface area contributed by atoms with E-state index in [1.807, 2.05) is 75.9 Å². The summed E-state index contributed by atoms with van der Waals surface area (Å²) in [4.78, 5) is 70.4. The van der Waals surface area contributed by atoms with Crippen molar-refractivity contribution in [2.45, 2.75) is 112 Å². The number of likely N-dealkylation sites (tertiary alicyclic amines) is 1. The molecule has 2 saturated heterocycles. The number of fused-ring (bicyclic) bond motifs is 3. The summed E-state index contributed by atoms with van der Waals surface area (Å²) in [5.74, 6) is -0.163. The minimum absolute atomic E-state index is 0.0207. The lowest BCUT2D eigenvalue weighted by Crippen LogP contribution is -2.50. The van der Waals surface area contributed by atoms with Gasteiger partial charge in [-0.1, -0.05) is 57.2 Å². The Balaban J connectivity index is 0.911. The van der Waals surface area contributed by atoms with Gasteiger partial charge in [-0.3, -0.25) is 28.7 Å². The number of esters is 1. The number of Topliss-reactive ketones (excluding diaryl/α,β-unsaturated/α-hetero) is 1. The van der Waals surface area contributed by atoms with Gasteiger partial charge in [-0.2, -0.15) is 0 Å². The molecule has 8 rings (SSSR count). The third-order valence-electron chi connectivity index (χ3n) is 13.6. The van der Waals surface area contributed by atoms with E-state index in [1.165, 1.54) is 16.9 Å². The number of hydrogen-bond donors (Lipinski definition) is 2. The molecule has 0 aliphatic carbocycles. The van der Waals surface area contributed by atoms with Crippen LogP contribution in [-0.4, -0.2) is 97.9 Å². The van der Waals surface area contributed by atoms with Gasteiger partial charge in [-0.05, 0) is 81.2 Å². The lowest BCUT2D eigenvalue weighted by Gasteiger charge is -2.35. The average molecular weight is 933 g/mol. The number of thiazole rings is 1. The average Bonchev–Trinajstić information content (AvgIpc) is 4.13. The molecule has 2 unspecified atom stereocenters. The van der Waals surface area contributed by atoms with Crippen LogP contribution in [0.1, 0.15) is 116 Å². The normalized spacial score (nSPS) is 20.3. The van der Waals surface area contributed by atoms with E-state index in [2.05, 4.69) is 63.5 Å². The predicted octanol–water partition coefficient (Wildman–Crippen LogP) is 7.82. The Kier molecular flexibility index (Phi) is 13.5. The third kappa shape index (κ3) is 9.50. The fourth-order valence-electron chi connectivity index (χ4n) is 9.63. The number of ketones is 1. The molecule has 14 nitrogen and oxygen atoms in total.